The molecule has 0 heterocycles. The van der Waals surface area contributed by atoms with Gasteiger partial charge in [0, 0.05) is 5.90 Å². The Morgan fingerprint density at radius 3 is 2.24 bits per heavy atom. The van der Waals surface area contributed by atoms with Crippen LogP contribution >= 0.6 is 7.94 Å². The largest absolute Gasteiger partial charge is 1.00 e. The number of rotatable bonds is 8. The van der Waals surface area contributed by atoms with Crippen molar-refractivity contribution >= 4 is 13.8 Å². The van der Waals surface area contributed by atoms with Crippen LogP contribution in [0.4, 0.5) is 0 Å². The third-order valence-electron chi connectivity index (χ3n) is 2.10. The molecule has 0 aliphatic heterocycles. The molecule has 0 aromatic rings. The van der Waals surface area contributed by atoms with Crippen molar-refractivity contribution in [2.75, 3.05) is 12.8 Å². The Hall–Kier alpha value is 2.33. The minimum absolute atomic E-state index is 0. The van der Waals surface area contributed by atoms with Crippen molar-refractivity contribution in [1.29, 1.82) is 0 Å². The maximum Gasteiger partial charge on any atom is 1.00 e. The van der Waals surface area contributed by atoms with Gasteiger partial charge in [-0.3, -0.25) is 4.89 Å². The van der Waals surface area contributed by atoms with Crippen LogP contribution in [-0.4, -0.2) is 23.6 Å². The predicted octanol–water partition coefficient (Wildman–Crippen LogP) is -6.15. The number of hydrogen-bond donors (Lipinski definition) is 1. The molecule has 0 saturated carbocycles. The summed E-state index contributed by atoms with van der Waals surface area (Å²) in [6, 6.07) is 0. The van der Waals surface area contributed by atoms with Gasteiger partial charge in [-0.2, -0.15) is 0 Å². The maximum absolute atomic E-state index is 10.9. The van der Waals surface area contributed by atoms with Crippen LogP contribution in [0.3, 0.4) is 0 Å². The first-order valence-corrected chi connectivity index (χ1v) is 7.64. The van der Waals surface area contributed by atoms with Crippen LogP contribution in [0.1, 0.15) is 33.6 Å². The standard InChI is InChI=1S/C12H22NO5P.2K/c1-10(2)5-4-6-11(3)7-8-18-13-12(14)9-19(15,16)17;;/h5,7H,4,6,8-9H2,1-3H3,(H,13,14)(H2,15,16,17);;/q;2*+1/p-2/b11-7+;;. The van der Waals surface area contributed by atoms with Gasteiger partial charge in [0.25, 0.3) is 0 Å². The van der Waals surface area contributed by atoms with E-state index in [1.165, 1.54) is 5.57 Å². The van der Waals surface area contributed by atoms with E-state index in [-0.39, 0.29) is 109 Å². The average molecular weight is 367 g/mol. The zero-order chi connectivity index (χ0) is 14.9. The number of oxime groups is 1. The molecule has 0 aromatic carbocycles. The minimum Gasteiger partial charge on any atom is -0.857 e. The van der Waals surface area contributed by atoms with E-state index in [0.717, 1.165) is 18.4 Å². The number of nitrogens with zero attached hydrogens (tertiary/aromatic N) is 1. The van der Waals surface area contributed by atoms with Crippen molar-refractivity contribution in [2.45, 2.75) is 33.6 Å². The third kappa shape index (κ3) is 22.3. The van der Waals surface area contributed by atoms with Crippen LogP contribution < -0.4 is 118 Å². The summed E-state index contributed by atoms with van der Waals surface area (Å²) in [5.41, 5.74) is 2.35. The van der Waals surface area contributed by atoms with E-state index in [9.17, 15) is 14.9 Å². The zero-order valence-electron chi connectivity index (χ0n) is 13.5. The molecule has 6 nitrogen and oxygen atoms in total. The van der Waals surface area contributed by atoms with Gasteiger partial charge in [-0.05, 0) is 39.7 Å². The van der Waals surface area contributed by atoms with E-state index in [4.69, 9.17) is 4.89 Å². The summed E-state index contributed by atoms with van der Waals surface area (Å²) in [5.74, 6) is -1.02. The normalized spacial score (nSPS) is 12.1. The Morgan fingerprint density at radius 1 is 1.19 bits per heavy atom. The van der Waals surface area contributed by atoms with Gasteiger partial charge in [0.1, 0.15) is 12.8 Å². The van der Waals surface area contributed by atoms with Crippen LogP contribution in [0.5, 0.6) is 0 Å². The molecule has 0 aliphatic carbocycles. The van der Waals surface area contributed by atoms with Crippen molar-refractivity contribution in [1.82, 2.24) is 0 Å². The van der Waals surface area contributed by atoms with Gasteiger partial charge < -0.3 is 19.7 Å². The molecule has 0 atom stereocenters. The molecule has 0 bridgehead atoms. The summed E-state index contributed by atoms with van der Waals surface area (Å²) in [7, 11) is -4.61. The number of allylic oxidation sites excluding steroid dienone is 3. The van der Waals surface area contributed by atoms with E-state index in [0.29, 0.717) is 0 Å². The van der Waals surface area contributed by atoms with Gasteiger partial charge in [-0.1, -0.05) is 17.2 Å². The predicted molar refractivity (Wildman–Crippen MR) is 69.8 cm³/mol. The molecule has 0 aromatic heterocycles. The molecule has 0 rings (SSSR count). The number of hydrogen-bond acceptors (Lipinski definition) is 6. The molecule has 21 heavy (non-hydrogen) atoms. The van der Waals surface area contributed by atoms with Crippen LogP contribution in [0.15, 0.2) is 28.5 Å². The monoisotopic (exact) mass is 367 g/mol. The van der Waals surface area contributed by atoms with Crippen LogP contribution in [-0.2, 0) is 4.84 Å². The Labute approximate surface area is 212 Å². The van der Waals surface area contributed by atoms with Crippen molar-refractivity contribution in [2.24, 2.45) is 5.16 Å². The Balaban J connectivity index is -0.00000162. The van der Waals surface area contributed by atoms with Crippen molar-refractivity contribution < 1.29 is 127 Å². The van der Waals surface area contributed by atoms with E-state index < -0.39 is 20.0 Å². The molecule has 0 aliphatic rings. The van der Waals surface area contributed by atoms with Crippen molar-refractivity contribution in [3.63, 3.8) is 0 Å². The fourth-order valence-electron chi connectivity index (χ4n) is 1.18. The third-order valence-corrected chi connectivity index (χ3v) is 2.77. The first kappa shape index (κ1) is 28.1. The van der Waals surface area contributed by atoms with E-state index in [2.05, 4.69) is 16.1 Å². The molecule has 0 unspecified atom stereocenters. The maximum atomic E-state index is 10.9. The summed E-state index contributed by atoms with van der Waals surface area (Å²) < 4.78 is 0. The molecule has 0 radical (unpaired) electrons. The molecule has 110 valence electrons. The van der Waals surface area contributed by atoms with Crippen LogP contribution in [0.2, 0.25) is 0 Å². The molecule has 0 amide bonds. The minimum atomic E-state index is -4.61. The summed E-state index contributed by atoms with van der Waals surface area (Å²) in [6.07, 6.45) is 4.68. The first-order chi connectivity index (χ1) is 8.70. The second-order valence-electron chi connectivity index (χ2n) is 4.45. The Morgan fingerprint density at radius 2 is 1.76 bits per heavy atom. The summed E-state index contributed by atoms with van der Waals surface area (Å²) in [5, 5.41) is 14.0. The van der Waals surface area contributed by atoms with Gasteiger partial charge in [0.05, 0.1) is 7.94 Å². The molecule has 0 fully saturated rings. The second-order valence-corrected chi connectivity index (χ2v) is 6.04. The molecule has 9 heteroatoms. The SMILES string of the molecule is CC(C)=CCC/C(C)=C/CON=C([O-])C[P+]([O-])([O-])O.[K+].[K+]. The van der Waals surface area contributed by atoms with Crippen molar-refractivity contribution in [3.05, 3.63) is 23.3 Å². The summed E-state index contributed by atoms with van der Waals surface area (Å²) >= 11 is 0. The average Bonchev–Trinajstić information content (AvgIpc) is 2.21. The van der Waals surface area contributed by atoms with Gasteiger partial charge in [-0.15, -0.1) is 5.16 Å². The van der Waals surface area contributed by atoms with E-state index in [1.54, 1.807) is 6.08 Å². The second kappa shape index (κ2) is 15.8. The van der Waals surface area contributed by atoms with Crippen molar-refractivity contribution in [3.8, 4) is 0 Å². The fraction of sp³-hybridized carbons (Fsp3) is 0.583. The zero-order valence-corrected chi connectivity index (χ0v) is 20.6. The van der Waals surface area contributed by atoms with E-state index in [1.807, 2.05) is 20.8 Å². The molecule has 0 saturated heterocycles. The molecule has 0 spiro atoms. The molecule has 1 N–H and O–H groups in total. The van der Waals surface area contributed by atoms with Crippen LogP contribution in [0, 0.1) is 0 Å². The van der Waals surface area contributed by atoms with Gasteiger partial charge in [-0.25, -0.2) is 0 Å². The smallest absolute Gasteiger partial charge is 0.857 e. The molecular formula is C12H20K2NO5P. The Bertz CT molecular complexity index is 363. The Kier molecular flexibility index (Phi) is 21.2. The first-order valence-electron chi connectivity index (χ1n) is 5.88. The molecular weight excluding hydrogens is 347 g/mol. The fourth-order valence-corrected chi connectivity index (χ4v) is 1.58. The summed E-state index contributed by atoms with van der Waals surface area (Å²) in [6.45, 7) is 6.09. The van der Waals surface area contributed by atoms with Gasteiger partial charge in [0.2, 0.25) is 0 Å². The quantitative estimate of drug-likeness (QED) is 0.0873. The van der Waals surface area contributed by atoms with E-state index >= 15 is 0 Å². The topological polar surface area (TPSA) is 111 Å². The van der Waals surface area contributed by atoms with Gasteiger partial charge >= 0.3 is 103 Å². The summed E-state index contributed by atoms with van der Waals surface area (Å²) in [4.78, 5) is 33.8. The van der Waals surface area contributed by atoms with Gasteiger partial charge in [0.15, 0.2) is 0 Å². The van der Waals surface area contributed by atoms with Crippen LogP contribution in [0.25, 0.3) is 0 Å².